The standard InChI is InChI=1S/C18H24N6O3S/c1-12-20-14(22-16-19-10-13(11-25)28-16)9-15(21-12)23-5-7-24(8-6-23)17(26)27-18(2,3)4/h9-11H,5-8H2,1-4H3,(H,19,20,21,22). The summed E-state index contributed by atoms with van der Waals surface area (Å²) in [6.07, 6.45) is 2.00. The van der Waals surface area contributed by atoms with E-state index in [0.717, 1.165) is 12.1 Å². The summed E-state index contributed by atoms with van der Waals surface area (Å²) in [6, 6.07) is 1.85. The first-order valence-corrected chi connectivity index (χ1v) is 9.82. The molecular formula is C18H24N6O3S. The minimum absolute atomic E-state index is 0.289. The summed E-state index contributed by atoms with van der Waals surface area (Å²) in [4.78, 5) is 40.5. The van der Waals surface area contributed by atoms with Crippen LogP contribution in [0.3, 0.4) is 0 Å². The van der Waals surface area contributed by atoms with Gasteiger partial charge in [0, 0.05) is 32.2 Å². The molecule has 2 aromatic heterocycles. The number of ether oxygens (including phenoxy) is 1. The summed E-state index contributed by atoms with van der Waals surface area (Å²) in [5.41, 5.74) is -0.502. The summed E-state index contributed by atoms with van der Waals surface area (Å²) in [5.74, 6) is 2.02. The molecule has 9 nitrogen and oxygen atoms in total. The van der Waals surface area contributed by atoms with Crippen LogP contribution in [0.1, 0.15) is 36.3 Å². The molecule has 2 aromatic rings. The highest BCUT2D eigenvalue weighted by molar-refractivity contribution is 7.17. The summed E-state index contributed by atoms with van der Waals surface area (Å²) < 4.78 is 5.44. The van der Waals surface area contributed by atoms with Gasteiger partial charge in [0.05, 0.1) is 11.1 Å². The van der Waals surface area contributed by atoms with Gasteiger partial charge in [-0.25, -0.2) is 19.7 Å². The van der Waals surface area contributed by atoms with Gasteiger partial charge < -0.3 is 19.9 Å². The van der Waals surface area contributed by atoms with Crippen LogP contribution in [-0.2, 0) is 4.74 Å². The molecule has 1 saturated heterocycles. The van der Waals surface area contributed by atoms with Crippen LogP contribution in [0.15, 0.2) is 12.3 Å². The van der Waals surface area contributed by atoms with Crippen molar-refractivity contribution in [3.8, 4) is 0 Å². The zero-order valence-electron chi connectivity index (χ0n) is 16.4. The number of hydrogen-bond donors (Lipinski definition) is 1. The van der Waals surface area contributed by atoms with Gasteiger partial charge in [-0.3, -0.25) is 4.79 Å². The van der Waals surface area contributed by atoms with Crippen LogP contribution >= 0.6 is 11.3 Å². The molecule has 1 aliphatic rings. The van der Waals surface area contributed by atoms with Gasteiger partial charge in [0.1, 0.15) is 23.1 Å². The van der Waals surface area contributed by atoms with Crippen molar-refractivity contribution >= 4 is 40.5 Å². The highest BCUT2D eigenvalue weighted by atomic mass is 32.1. The maximum atomic E-state index is 12.2. The van der Waals surface area contributed by atoms with Gasteiger partial charge in [0.15, 0.2) is 11.4 Å². The van der Waals surface area contributed by atoms with Crippen molar-refractivity contribution < 1.29 is 14.3 Å². The number of carbonyl (C=O) groups excluding carboxylic acids is 2. The number of nitrogens with zero attached hydrogens (tertiary/aromatic N) is 5. The van der Waals surface area contributed by atoms with Crippen LogP contribution in [-0.4, -0.2) is 64.0 Å². The third-order valence-electron chi connectivity index (χ3n) is 3.95. The molecule has 1 fully saturated rings. The van der Waals surface area contributed by atoms with E-state index < -0.39 is 5.60 Å². The van der Waals surface area contributed by atoms with E-state index in [1.165, 1.54) is 17.5 Å². The van der Waals surface area contributed by atoms with Crippen LogP contribution in [0.4, 0.5) is 21.6 Å². The Labute approximate surface area is 167 Å². The van der Waals surface area contributed by atoms with E-state index in [2.05, 4.69) is 25.2 Å². The van der Waals surface area contributed by atoms with Crippen molar-refractivity contribution in [1.82, 2.24) is 19.9 Å². The smallest absolute Gasteiger partial charge is 0.410 e. The predicted octanol–water partition coefficient (Wildman–Crippen LogP) is 2.85. The van der Waals surface area contributed by atoms with Gasteiger partial charge in [-0.15, -0.1) is 0 Å². The van der Waals surface area contributed by atoms with E-state index >= 15 is 0 Å². The molecule has 0 spiro atoms. The molecule has 1 aliphatic heterocycles. The van der Waals surface area contributed by atoms with Crippen LogP contribution < -0.4 is 10.2 Å². The molecule has 0 unspecified atom stereocenters. The number of nitrogens with one attached hydrogen (secondary N) is 1. The molecular weight excluding hydrogens is 380 g/mol. The normalized spacial score (nSPS) is 14.7. The minimum Gasteiger partial charge on any atom is -0.444 e. The number of hydrogen-bond acceptors (Lipinski definition) is 9. The van der Waals surface area contributed by atoms with E-state index in [0.29, 0.717) is 47.8 Å². The Morgan fingerprint density at radius 3 is 2.57 bits per heavy atom. The van der Waals surface area contributed by atoms with E-state index in [1.54, 1.807) is 4.90 Å². The molecule has 0 atom stereocenters. The third-order valence-corrected chi connectivity index (χ3v) is 4.79. The topological polar surface area (TPSA) is 101 Å². The Balaban J connectivity index is 1.65. The van der Waals surface area contributed by atoms with Gasteiger partial charge in [0.2, 0.25) is 0 Å². The van der Waals surface area contributed by atoms with Gasteiger partial charge in [-0.2, -0.15) is 0 Å². The van der Waals surface area contributed by atoms with E-state index in [4.69, 9.17) is 4.74 Å². The highest BCUT2D eigenvalue weighted by Crippen LogP contribution is 2.24. The maximum absolute atomic E-state index is 12.2. The number of amides is 1. The predicted molar refractivity (Wildman–Crippen MR) is 108 cm³/mol. The van der Waals surface area contributed by atoms with Gasteiger partial charge in [0.25, 0.3) is 0 Å². The number of thiazole rings is 1. The Hall–Kier alpha value is -2.75. The first-order valence-electron chi connectivity index (χ1n) is 9.00. The van der Waals surface area contributed by atoms with E-state index in [1.807, 2.05) is 33.8 Å². The fourth-order valence-corrected chi connectivity index (χ4v) is 3.37. The van der Waals surface area contributed by atoms with Crippen molar-refractivity contribution in [2.75, 3.05) is 36.4 Å². The minimum atomic E-state index is -0.502. The van der Waals surface area contributed by atoms with Crippen LogP contribution in [0.5, 0.6) is 0 Å². The van der Waals surface area contributed by atoms with Gasteiger partial charge in [-0.05, 0) is 27.7 Å². The molecule has 3 rings (SSSR count). The average molecular weight is 404 g/mol. The molecule has 1 N–H and O–H groups in total. The first-order chi connectivity index (χ1) is 13.2. The number of anilines is 3. The Bertz CT molecular complexity index is 855. The van der Waals surface area contributed by atoms with Crippen molar-refractivity contribution in [3.05, 3.63) is 23.0 Å². The van der Waals surface area contributed by atoms with Gasteiger partial charge >= 0.3 is 6.09 Å². The lowest BCUT2D eigenvalue weighted by molar-refractivity contribution is 0.0240. The zero-order chi connectivity index (χ0) is 20.3. The number of rotatable bonds is 4. The van der Waals surface area contributed by atoms with Gasteiger partial charge in [-0.1, -0.05) is 11.3 Å². The molecule has 1 amide bonds. The molecule has 0 bridgehead atoms. The SMILES string of the molecule is Cc1nc(Nc2ncc(C=O)s2)cc(N2CCN(C(=O)OC(C)(C)C)CC2)n1. The molecule has 0 aliphatic carbocycles. The molecule has 28 heavy (non-hydrogen) atoms. The summed E-state index contributed by atoms with van der Waals surface area (Å²) >= 11 is 1.26. The number of aldehydes is 1. The second-order valence-electron chi connectivity index (χ2n) is 7.42. The van der Waals surface area contributed by atoms with E-state index in [-0.39, 0.29) is 6.09 Å². The lowest BCUT2D eigenvalue weighted by atomic mass is 10.2. The Morgan fingerprint density at radius 1 is 1.25 bits per heavy atom. The fraction of sp³-hybridized carbons (Fsp3) is 0.500. The summed E-state index contributed by atoms with van der Waals surface area (Å²) in [7, 11) is 0. The number of carbonyl (C=O) groups is 2. The van der Waals surface area contributed by atoms with Crippen LogP contribution in [0.2, 0.25) is 0 Å². The van der Waals surface area contributed by atoms with Crippen LogP contribution in [0.25, 0.3) is 0 Å². The van der Waals surface area contributed by atoms with E-state index in [9.17, 15) is 9.59 Å². The molecule has 0 radical (unpaired) electrons. The largest absolute Gasteiger partial charge is 0.444 e. The molecule has 10 heteroatoms. The zero-order valence-corrected chi connectivity index (χ0v) is 17.2. The third kappa shape index (κ3) is 5.16. The monoisotopic (exact) mass is 404 g/mol. The second-order valence-corrected chi connectivity index (χ2v) is 8.49. The molecule has 3 heterocycles. The molecule has 0 saturated carbocycles. The van der Waals surface area contributed by atoms with Crippen molar-refractivity contribution in [2.45, 2.75) is 33.3 Å². The number of piperazine rings is 1. The number of aryl methyl sites for hydroxylation is 1. The quantitative estimate of drug-likeness (QED) is 0.777. The first kappa shape index (κ1) is 20.0. The lowest BCUT2D eigenvalue weighted by Crippen LogP contribution is -2.50. The Kier molecular flexibility index (Phi) is 5.78. The van der Waals surface area contributed by atoms with Crippen molar-refractivity contribution in [2.24, 2.45) is 0 Å². The maximum Gasteiger partial charge on any atom is 0.410 e. The Morgan fingerprint density at radius 2 is 1.96 bits per heavy atom. The molecule has 150 valence electrons. The average Bonchev–Trinajstić information content (AvgIpc) is 3.07. The summed E-state index contributed by atoms with van der Waals surface area (Å²) in [6.45, 7) is 9.85. The highest BCUT2D eigenvalue weighted by Gasteiger charge is 2.26. The second kappa shape index (κ2) is 8.09. The van der Waals surface area contributed by atoms with Crippen molar-refractivity contribution in [1.29, 1.82) is 0 Å². The van der Waals surface area contributed by atoms with Crippen LogP contribution in [0, 0.1) is 6.92 Å². The number of aromatic nitrogens is 3. The van der Waals surface area contributed by atoms with Crippen molar-refractivity contribution in [3.63, 3.8) is 0 Å². The lowest BCUT2D eigenvalue weighted by Gasteiger charge is -2.36. The fourth-order valence-electron chi connectivity index (χ4n) is 2.73. The summed E-state index contributed by atoms with van der Waals surface area (Å²) in [5, 5.41) is 3.72. The molecule has 0 aromatic carbocycles.